The molecule has 0 N–H and O–H groups in total. The summed E-state index contributed by atoms with van der Waals surface area (Å²) in [6.07, 6.45) is 0. The SMILES string of the molecule is [Ca+2].[Cl-].[Cl-].[Rb+]. The van der Waals surface area contributed by atoms with E-state index >= 15 is 0 Å². The van der Waals surface area contributed by atoms with Crippen LogP contribution in [0.1, 0.15) is 0 Å². The van der Waals surface area contributed by atoms with Gasteiger partial charge in [0.2, 0.25) is 0 Å². The van der Waals surface area contributed by atoms with Crippen LogP contribution in [0.2, 0.25) is 0 Å². The monoisotopic (exact) mass is 195 g/mol. The summed E-state index contributed by atoms with van der Waals surface area (Å²) in [6, 6.07) is 0. The Morgan fingerprint density at radius 3 is 0.750 bits per heavy atom. The van der Waals surface area contributed by atoms with Crippen LogP contribution in [0.25, 0.3) is 0 Å². The normalized spacial score (nSPS) is 0. The molecule has 0 spiro atoms. The van der Waals surface area contributed by atoms with E-state index < -0.39 is 0 Å². The van der Waals surface area contributed by atoms with E-state index in [2.05, 4.69) is 0 Å². The third-order valence-electron chi connectivity index (χ3n) is 0. The van der Waals surface area contributed by atoms with Gasteiger partial charge in [0.15, 0.2) is 0 Å². The predicted molar refractivity (Wildman–Crippen MR) is 5.75 cm³/mol. The molecule has 4 heteroatoms. The molecule has 0 aliphatic rings. The molecule has 0 radical (unpaired) electrons. The predicted octanol–water partition coefficient (Wildman–Crippen LogP) is -9.37. The van der Waals surface area contributed by atoms with E-state index in [9.17, 15) is 0 Å². The quantitative estimate of drug-likeness (QED) is 0.338. The number of rotatable bonds is 0. The van der Waals surface area contributed by atoms with Gasteiger partial charge in [-0.3, -0.25) is 0 Å². The molecule has 0 unspecified atom stereocenters. The summed E-state index contributed by atoms with van der Waals surface area (Å²) in [5.74, 6) is 0. The summed E-state index contributed by atoms with van der Waals surface area (Å²) >= 11 is 0. The fourth-order valence-corrected chi connectivity index (χ4v) is 0. The zero-order valence-corrected chi connectivity index (χ0v) is 11.1. The second-order valence-electron chi connectivity index (χ2n) is 0. The minimum atomic E-state index is 0. The van der Waals surface area contributed by atoms with Crippen LogP contribution in [0.5, 0.6) is 0 Å². The first-order valence-electron chi connectivity index (χ1n) is 0. The first-order chi connectivity index (χ1) is 0. The zero-order chi connectivity index (χ0) is 0. The van der Waals surface area contributed by atoms with Crippen molar-refractivity contribution in [3.8, 4) is 0 Å². The van der Waals surface area contributed by atoms with Crippen molar-refractivity contribution >= 4 is 37.7 Å². The standard InChI is InChI=1S/Ca.2ClH.Rb/h;2*1H;/q+2;;;+1/p-2. The third-order valence-corrected chi connectivity index (χ3v) is 0. The summed E-state index contributed by atoms with van der Waals surface area (Å²) in [5, 5.41) is 0. The molecule has 0 saturated carbocycles. The topological polar surface area (TPSA) is 0 Å². The van der Waals surface area contributed by atoms with Crippen LogP contribution in [0, 0.1) is 0 Å². The zero-order valence-electron chi connectivity index (χ0n) is 2.46. The van der Waals surface area contributed by atoms with Gasteiger partial charge in [-0.15, -0.1) is 0 Å². The molecule has 4 heavy (non-hydrogen) atoms. The first kappa shape index (κ1) is 25.4. The van der Waals surface area contributed by atoms with Crippen LogP contribution in [-0.4, -0.2) is 37.7 Å². The molecule has 0 saturated heterocycles. The van der Waals surface area contributed by atoms with E-state index in [1.165, 1.54) is 0 Å². The summed E-state index contributed by atoms with van der Waals surface area (Å²) in [4.78, 5) is 0. The van der Waals surface area contributed by atoms with Crippen molar-refractivity contribution in [1.82, 2.24) is 0 Å². The van der Waals surface area contributed by atoms with Gasteiger partial charge in [-0.05, 0) is 0 Å². The van der Waals surface area contributed by atoms with Crippen molar-refractivity contribution in [2.45, 2.75) is 0 Å². The fraction of sp³-hybridized carbons (Fsp3) is 0. The molecule has 0 rings (SSSR count). The molecule has 0 heterocycles. The largest absolute Gasteiger partial charge is 2.00 e. The molecule has 0 fully saturated rings. The van der Waals surface area contributed by atoms with Gasteiger partial charge in [-0.25, -0.2) is 0 Å². The summed E-state index contributed by atoms with van der Waals surface area (Å²) in [7, 11) is 0. The van der Waals surface area contributed by atoms with Gasteiger partial charge < -0.3 is 24.8 Å². The summed E-state index contributed by atoms with van der Waals surface area (Å²) in [6.45, 7) is 0. The smallest absolute Gasteiger partial charge is 1.00 e. The van der Waals surface area contributed by atoms with Crippen molar-refractivity contribution in [1.29, 1.82) is 0 Å². The average Bonchev–Trinajstić information content (AvgIpc) is 0. The van der Waals surface area contributed by atoms with E-state index in [0.717, 1.165) is 0 Å². The third kappa shape index (κ3) is 9.17. The molecule has 0 aromatic rings. The van der Waals surface area contributed by atoms with Gasteiger partial charge in [0.1, 0.15) is 0 Å². The van der Waals surface area contributed by atoms with E-state index in [1.54, 1.807) is 0 Å². The molecular formula is CaCl2Rb+. The van der Waals surface area contributed by atoms with E-state index in [4.69, 9.17) is 0 Å². The molecule has 0 aliphatic carbocycles. The maximum absolute atomic E-state index is 0. The van der Waals surface area contributed by atoms with E-state index in [1.807, 2.05) is 0 Å². The van der Waals surface area contributed by atoms with Crippen LogP contribution in [-0.2, 0) is 0 Å². The first-order valence-corrected chi connectivity index (χ1v) is 0. The van der Waals surface area contributed by atoms with Crippen molar-refractivity contribution in [3.63, 3.8) is 0 Å². The molecule has 0 nitrogen and oxygen atoms in total. The van der Waals surface area contributed by atoms with Gasteiger partial charge in [-0.1, -0.05) is 0 Å². The summed E-state index contributed by atoms with van der Waals surface area (Å²) < 4.78 is 0. The minimum Gasteiger partial charge on any atom is -1.00 e. The Hall–Kier alpha value is 3.64. The Kier molecular flexibility index (Phi) is 101. The number of hydrogen-bond acceptors (Lipinski definition) is 0. The molecule has 16 valence electrons. The van der Waals surface area contributed by atoms with Gasteiger partial charge in [0.05, 0.1) is 0 Å². The number of halogens is 2. The molecule has 0 amide bonds. The molecule has 0 aromatic carbocycles. The molecule has 0 aromatic heterocycles. The molecule has 0 bridgehead atoms. The van der Waals surface area contributed by atoms with Crippen molar-refractivity contribution in [2.75, 3.05) is 0 Å². The molecule has 0 aliphatic heterocycles. The fourth-order valence-electron chi connectivity index (χ4n) is 0. The molecule has 0 atom stereocenters. The maximum Gasteiger partial charge on any atom is 2.00 e. The van der Waals surface area contributed by atoms with Crippen LogP contribution < -0.4 is 83.0 Å². The Labute approximate surface area is 117 Å². The van der Waals surface area contributed by atoms with Gasteiger partial charge in [0.25, 0.3) is 0 Å². The van der Waals surface area contributed by atoms with Gasteiger partial charge in [-0.2, -0.15) is 0 Å². The summed E-state index contributed by atoms with van der Waals surface area (Å²) in [5.41, 5.74) is 0. The van der Waals surface area contributed by atoms with Gasteiger partial charge >= 0.3 is 95.9 Å². The Bertz CT molecular complexity index is 6.00. The molecular weight excluding hydrogens is 196 g/mol. The van der Waals surface area contributed by atoms with Crippen molar-refractivity contribution in [2.24, 2.45) is 0 Å². The van der Waals surface area contributed by atoms with Crippen molar-refractivity contribution < 1.29 is 83.0 Å². The van der Waals surface area contributed by atoms with Crippen LogP contribution in [0.15, 0.2) is 0 Å². The Morgan fingerprint density at radius 2 is 0.750 bits per heavy atom. The number of hydrogen-bond donors (Lipinski definition) is 0. The van der Waals surface area contributed by atoms with Crippen molar-refractivity contribution in [3.05, 3.63) is 0 Å². The second-order valence-corrected chi connectivity index (χ2v) is 0. The van der Waals surface area contributed by atoms with E-state index in [-0.39, 0.29) is 121 Å². The average molecular weight is 196 g/mol. The minimum absolute atomic E-state index is 0. The Morgan fingerprint density at radius 1 is 0.750 bits per heavy atom. The maximum atomic E-state index is 0. The van der Waals surface area contributed by atoms with Crippen LogP contribution in [0.4, 0.5) is 0 Å². The van der Waals surface area contributed by atoms with Crippen LogP contribution >= 0.6 is 0 Å². The van der Waals surface area contributed by atoms with Crippen LogP contribution in [0.3, 0.4) is 0 Å². The van der Waals surface area contributed by atoms with E-state index in [0.29, 0.717) is 0 Å². The second kappa shape index (κ2) is 15.9. The van der Waals surface area contributed by atoms with Gasteiger partial charge in [0, 0.05) is 0 Å². The Balaban J connectivity index is 0.